The lowest BCUT2D eigenvalue weighted by molar-refractivity contribution is -0.119. The van der Waals surface area contributed by atoms with Gasteiger partial charge in [0.05, 0.1) is 11.4 Å². The van der Waals surface area contributed by atoms with E-state index in [0.29, 0.717) is 10.9 Å². The van der Waals surface area contributed by atoms with Crippen LogP contribution in [0.2, 0.25) is 0 Å². The minimum Gasteiger partial charge on any atom is -0.353 e. The van der Waals surface area contributed by atoms with Gasteiger partial charge in [-0.1, -0.05) is 23.9 Å². The Balaban J connectivity index is 2.16. The van der Waals surface area contributed by atoms with Gasteiger partial charge in [-0.3, -0.25) is 4.79 Å². The Morgan fingerprint density at radius 3 is 2.86 bits per heavy atom. The van der Waals surface area contributed by atoms with Crippen molar-refractivity contribution >= 4 is 17.7 Å². The topological polar surface area (TPSA) is 72.7 Å². The Kier molecular flexibility index (Phi) is 4.95. The number of carbonyl (C=O) groups excluding carboxylic acids is 1. The molecule has 2 rings (SSSR count). The molecule has 2 aromatic rings. The number of carbonyl (C=O) groups is 1. The fourth-order valence-electron chi connectivity index (χ4n) is 1.88. The summed E-state index contributed by atoms with van der Waals surface area (Å²) in [7, 11) is 0. The first kappa shape index (κ1) is 15.5. The lowest BCUT2D eigenvalue weighted by Gasteiger charge is -2.10. The number of thioether (sulfide) groups is 1. The number of rotatable bonds is 5. The van der Waals surface area contributed by atoms with Gasteiger partial charge in [0.1, 0.15) is 0 Å². The van der Waals surface area contributed by atoms with E-state index in [1.54, 1.807) is 4.68 Å². The summed E-state index contributed by atoms with van der Waals surface area (Å²) < 4.78 is 1.68. The lowest BCUT2D eigenvalue weighted by atomic mass is 10.1. The molecule has 1 aromatic heterocycles. The van der Waals surface area contributed by atoms with Crippen LogP contribution in [0, 0.1) is 13.8 Å². The molecular formula is C14H19N5OS. The molecule has 1 amide bonds. The molecule has 0 atom stereocenters. The number of aromatic nitrogens is 4. The molecule has 0 aliphatic carbocycles. The van der Waals surface area contributed by atoms with Crippen molar-refractivity contribution in [3.05, 3.63) is 29.3 Å². The van der Waals surface area contributed by atoms with Crippen molar-refractivity contribution in [2.45, 2.75) is 38.9 Å². The Hall–Kier alpha value is -1.89. The molecule has 0 bridgehead atoms. The molecule has 0 radical (unpaired) electrons. The van der Waals surface area contributed by atoms with Crippen LogP contribution in [0.4, 0.5) is 0 Å². The van der Waals surface area contributed by atoms with Crippen LogP contribution in [0.15, 0.2) is 23.4 Å². The summed E-state index contributed by atoms with van der Waals surface area (Å²) in [6.45, 7) is 7.95. The summed E-state index contributed by atoms with van der Waals surface area (Å²) >= 11 is 1.33. The van der Waals surface area contributed by atoms with Gasteiger partial charge in [-0.05, 0) is 55.3 Å². The molecular weight excluding hydrogens is 286 g/mol. The first-order valence-electron chi connectivity index (χ1n) is 6.76. The van der Waals surface area contributed by atoms with Crippen molar-refractivity contribution in [1.29, 1.82) is 0 Å². The SMILES string of the molecule is Cc1cccc(-n2nnnc2SCC(=O)NC(C)C)c1C. The third kappa shape index (κ3) is 3.81. The van der Waals surface area contributed by atoms with Crippen molar-refractivity contribution in [2.24, 2.45) is 0 Å². The maximum atomic E-state index is 11.7. The zero-order valence-electron chi connectivity index (χ0n) is 12.6. The second kappa shape index (κ2) is 6.71. The van der Waals surface area contributed by atoms with Crippen molar-refractivity contribution in [3.8, 4) is 5.69 Å². The fourth-order valence-corrected chi connectivity index (χ4v) is 2.57. The van der Waals surface area contributed by atoms with Crippen LogP contribution in [0.25, 0.3) is 5.69 Å². The number of nitrogens with zero attached hydrogens (tertiary/aromatic N) is 4. The Morgan fingerprint density at radius 2 is 2.14 bits per heavy atom. The van der Waals surface area contributed by atoms with Gasteiger partial charge < -0.3 is 5.32 Å². The molecule has 0 fully saturated rings. The van der Waals surface area contributed by atoms with Crippen molar-refractivity contribution in [2.75, 3.05) is 5.75 Å². The number of amides is 1. The Morgan fingerprint density at radius 1 is 1.38 bits per heavy atom. The van der Waals surface area contributed by atoms with Crippen LogP contribution >= 0.6 is 11.8 Å². The fraction of sp³-hybridized carbons (Fsp3) is 0.429. The zero-order chi connectivity index (χ0) is 15.4. The van der Waals surface area contributed by atoms with E-state index >= 15 is 0 Å². The number of aryl methyl sites for hydroxylation is 1. The highest BCUT2D eigenvalue weighted by atomic mass is 32.2. The molecule has 112 valence electrons. The molecule has 1 heterocycles. The maximum Gasteiger partial charge on any atom is 0.230 e. The number of nitrogens with one attached hydrogen (secondary N) is 1. The van der Waals surface area contributed by atoms with Gasteiger partial charge in [0, 0.05) is 6.04 Å². The smallest absolute Gasteiger partial charge is 0.230 e. The van der Waals surface area contributed by atoms with Gasteiger partial charge in [-0.15, -0.1) is 5.10 Å². The first-order chi connectivity index (χ1) is 9.99. The largest absolute Gasteiger partial charge is 0.353 e. The van der Waals surface area contributed by atoms with E-state index in [4.69, 9.17) is 0 Å². The maximum absolute atomic E-state index is 11.7. The quantitative estimate of drug-likeness (QED) is 0.854. The molecule has 0 saturated heterocycles. The zero-order valence-corrected chi connectivity index (χ0v) is 13.4. The second-order valence-electron chi connectivity index (χ2n) is 5.10. The van der Waals surface area contributed by atoms with Gasteiger partial charge in [0.25, 0.3) is 0 Å². The van der Waals surface area contributed by atoms with E-state index < -0.39 is 0 Å². The summed E-state index contributed by atoms with van der Waals surface area (Å²) in [5.74, 6) is 0.272. The van der Waals surface area contributed by atoms with Crippen LogP contribution in [0.3, 0.4) is 0 Å². The number of hydrogen-bond acceptors (Lipinski definition) is 5. The van der Waals surface area contributed by atoms with E-state index in [-0.39, 0.29) is 11.9 Å². The monoisotopic (exact) mass is 305 g/mol. The predicted octanol–water partition coefficient (Wildman–Crippen LogP) is 1.90. The second-order valence-corrected chi connectivity index (χ2v) is 6.05. The minimum atomic E-state index is -0.0227. The minimum absolute atomic E-state index is 0.0227. The van der Waals surface area contributed by atoms with E-state index in [1.807, 2.05) is 45.9 Å². The van der Waals surface area contributed by atoms with Gasteiger partial charge in [-0.25, -0.2) is 0 Å². The van der Waals surface area contributed by atoms with Gasteiger partial charge >= 0.3 is 0 Å². The molecule has 0 unspecified atom stereocenters. The normalized spacial score (nSPS) is 10.9. The molecule has 0 saturated carbocycles. The summed E-state index contributed by atoms with van der Waals surface area (Å²) in [6, 6.07) is 6.12. The van der Waals surface area contributed by atoms with E-state index in [9.17, 15) is 4.79 Å². The Labute approximate surface area is 128 Å². The van der Waals surface area contributed by atoms with Crippen molar-refractivity contribution in [3.63, 3.8) is 0 Å². The average Bonchev–Trinajstić information content (AvgIpc) is 2.87. The van der Waals surface area contributed by atoms with E-state index in [2.05, 4.69) is 20.8 Å². The summed E-state index contributed by atoms with van der Waals surface area (Å²) in [6.07, 6.45) is 0. The third-order valence-electron chi connectivity index (χ3n) is 3.03. The van der Waals surface area contributed by atoms with Crippen molar-refractivity contribution < 1.29 is 4.79 Å². The van der Waals surface area contributed by atoms with Crippen LogP contribution in [0.5, 0.6) is 0 Å². The highest BCUT2D eigenvalue weighted by Crippen LogP contribution is 2.22. The molecule has 6 nitrogen and oxygen atoms in total. The van der Waals surface area contributed by atoms with Crippen molar-refractivity contribution in [1.82, 2.24) is 25.5 Å². The lowest BCUT2D eigenvalue weighted by Crippen LogP contribution is -2.31. The van der Waals surface area contributed by atoms with Gasteiger partial charge in [-0.2, -0.15) is 4.68 Å². The van der Waals surface area contributed by atoms with E-state index in [0.717, 1.165) is 11.3 Å². The number of hydrogen-bond donors (Lipinski definition) is 1. The summed E-state index contributed by atoms with van der Waals surface area (Å²) in [5, 5.41) is 15.2. The molecule has 0 aliphatic heterocycles. The molecule has 1 aromatic carbocycles. The number of benzene rings is 1. The van der Waals surface area contributed by atoms with Gasteiger partial charge in [0.2, 0.25) is 11.1 Å². The molecule has 0 spiro atoms. The highest BCUT2D eigenvalue weighted by Gasteiger charge is 2.13. The van der Waals surface area contributed by atoms with Crippen LogP contribution < -0.4 is 5.32 Å². The molecule has 1 N–H and O–H groups in total. The summed E-state index contributed by atoms with van der Waals surface area (Å²) in [4.78, 5) is 11.7. The highest BCUT2D eigenvalue weighted by molar-refractivity contribution is 7.99. The van der Waals surface area contributed by atoms with Gasteiger partial charge in [0.15, 0.2) is 0 Å². The molecule has 0 aliphatic rings. The Bertz CT molecular complexity index is 638. The molecule has 7 heteroatoms. The van der Waals surface area contributed by atoms with Crippen LogP contribution in [-0.2, 0) is 4.79 Å². The third-order valence-corrected chi connectivity index (χ3v) is 3.95. The summed E-state index contributed by atoms with van der Waals surface area (Å²) in [5.41, 5.74) is 3.24. The number of tetrazole rings is 1. The first-order valence-corrected chi connectivity index (χ1v) is 7.74. The standard InChI is InChI=1S/C14H19N5OS/c1-9(2)15-13(20)8-21-14-16-17-18-19(14)12-7-5-6-10(3)11(12)4/h5-7,9H,8H2,1-4H3,(H,15,20). The average molecular weight is 305 g/mol. The van der Waals surface area contributed by atoms with E-state index in [1.165, 1.54) is 17.3 Å². The molecule has 21 heavy (non-hydrogen) atoms. The predicted molar refractivity (Wildman–Crippen MR) is 82.6 cm³/mol. The van der Waals surface area contributed by atoms with Crippen LogP contribution in [-0.4, -0.2) is 37.9 Å². The van der Waals surface area contributed by atoms with Crippen LogP contribution in [0.1, 0.15) is 25.0 Å².